The first-order valence-electron chi connectivity index (χ1n) is 14.4. The lowest BCUT2D eigenvalue weighted by atomic mass is 9.65. The first-order chi connectivity index (χ1) is 20.0. The largest absolute Gasteiger partial charge is 0.493 e. The molecule has 42 heavy (non-hydrogen) atoms. The van der Waals surface area contributed by atoms with E-state index in [-0.39, 0.29) is 0 Å². The molecule has 2 aromatic carbocycles. The highest BCUT2D eigenvalue weighted by Crippen LogP contribution is 2.63. The van der Waals surface area contributed by atoms with Gasteiger partial charge in [-0.05, 0) is 62.4 Å². The van der Waals surface area contributed by atoms with E-state index in [1.54, 1.807) is 45.2 Å². The molecule has 2 saturated heterocycles. The Morgan fingerprint density at radius 2 is 1.62 bits per heavy atom. The number of esters is 3. The van der Waals surface area contributed by atoms with Crippen molar-refractivity contribution in [3.05, 3.63) is 59.2 Å². The summed E-state index contributed by atoms with van der Waals surface area (Å²) in [4.78, 5) is 43.5. The van der Waals surface area contributed by atoms with E-state index < -0.39 is 52.7 Å². The summed E-state index contributed by atoms with van der Waals surface area (Å²) in [6.07, 6.45) is 5.01. The second-order valence-corrected chi connectivity index (χ2v) is 12.3. The molecule has 0 unspecified atom stereocenters. The first kappa shape index (κ1) is 28.1. The minimum Gasteiger partial charge on any atom is -0.493 e. The van der Waals surface area contributed by atoms with Gasteiger partial charge >= 0.3 is 17.9 Å². The van der Waals surface area contributed by atoms with Gasteiger partial charge in [0.2, 0.25) is 5.41 Å². The van der Waals surface area contributed by atoms with Crippen LogP contribution in [-0.4, -0.2) is 60.8 Å². The van der Waals surface area contributed by atoms with Gasteiger partial charge in [0, 0.05) is 18.8 Å². The number of ether oxygens (including phenoxy) is 5. The summed E-state index contributed by atoms with van der Waals surface area (Å²) in [7, 11) is 3.01. The van der Waals surface area contributed by atoms with Gasteiger partial charge in [-0.25, -0.2) is 4.79 Å². The Morgan fingerprint density at radius 1 is 0.952 bits per heavy atom. The van der Waals surface area contributed by atoms with Gasteiger partial charge in [-0.2, -0.15) is 5.10 Å². The summed E-state index contributed by atoms with van der Waals surface area (Å²) in [5.74, 6) is -3.66. The van der Waals surface area contributed by atoms with Gasteiger partial charge in [-0.15, -0.1) is 0 Å². The second-order valence-electron chi connectivity index (χ2n) is 12.3. The molecular weight excluding hydrogens is 540 g/mol. The Bertz CT molecular complexity index is 1430. The molecule has 0 bridgehead atoms. The van der Waals surface area contributed by atoms with Gasteiger partial charge in [0.25, 0.3) is 5.79 Å². The van der Waals surface area contributed by atoms with Crippen LogP contribution in [0.2, 0.25) is 0 Å². The summed E-state index contributed by atoms with van der Waals surface area (Å²) in [6, 6.07) is 10.3. The van der Waals surface area contributed by atoms with Crippen molar-refractivity contribution < 1.29 is 38.1 Å². The molecule has 2 aromatic rings. The van der Waals surface area contributed by atoms with Crippen molar-refractivity contribution in [1.82, 2.24) is 5.01 Å². The average molecular weight is 577 g/mol. The van der Waals surface area contributed by atoms with Crippen molar-refractivity contribution in [1.29, 1.82) is 0 Å². The van der Waals surface area contributed by atoms with E-state index in [1.165, 1.54) is 19.2 Å². The highest BCUT2D eigenvalue weighted by atomic mass is 16.7. The van der Waals surface area contributed by atoms with Crippen LogP contribution in [0.5, 0.6) is 11.5 Å². The van der Waals surface area contributed by atoms with Crippen LogP contribution in [0.3, 0.4) is 0 Å². The third-order valence-electron chi connectivity index (χ3n) is 8.67. The lowest BCUT2D eigenvalue weighted by Crippen LogP contribution is -2.60. The topological polar surface area (TPSA) is 113 Å². The van der Waals surface area contributed by atoms with Crippen LogP contribution < -0.4 is 9.47 Å². The molecule has 3 heterocycles. The molecule has 0 aromatic heterocycles. The van der Waals surface area contributed by atoms with E-state index in [9.17, 15) is 14.4 Å². The highest BCUT2D eigenvalue weighted by Gasteiger charge is 2.76. The zero-order valence-corrected chi connectivity index (χ0v) is 24.5. The van der Waals surface area contributed by atoms with Crippen LogP contribution in [0.25, 0.3) is 0 Å². The maximum Gasteiger partial charge on any atom is 0.331 e. The fourth-order valence-corrected chi connectivity index (χ4v) is 6.95. The van der Waals surface area contributed by atoms with Crippen LogP contribution in [-0.2, 0) is 28.6 Å². The van der Waals surface area contributed by atoms with Crippen LogP contribution in [0, 0.1) is 5.41 Å². The number of fused-ring (bicyclic) bond motifs is 4. The third-order valence-corrected chi connectivity index (χ3v) is 8.67. The summed E-state index contributed by atoms with van der Waals surface area (Å²) in [6.45, 7) is 5.30. The molecule has 222 valence electrons. The molecule has 0 radical (unpaired) electrons. The van der Waals surface area contributed by atoms with Gasteiger partial charge in [0.1, 0.15) is 11.6 Å². The number of hydrazone groups is 1. The maximum atomic E-state index is 14.7. The van der Waals surface area contributed by atoms with Crippen LogP contribution in [0.1, 0.15) is 81.5 Å². The van der Waals surface area contributed by atoms with Crippen LogP contribution in [0.15, 0.2) is 47.6 Å². The average Bonchev–Trinajstić information content (AvgIpc) is 3.28. The number of hydrogen-bond donors (Lipinski definition) is 0. The minimum absolute atomic E-state index is 0.378. The Morgan fingerprint density at radius 3 is 2.26 bits per heavy atom. The zero-order valence-electron chi connectivity index (χ0n) is 24.5. The van der Waals surface area contributed by atoms with Crippen molar-refractivity contribution in [2.75, 3.05) is 14.2 Å². The Labute approximate surface area is 244 Å². The van der Waals surface area contributed by atoms with E-state index in [1.807, 2.05) is 24.3 Å². The third kappa shape index (κ3) is 4.22. The number of rotatable bonds is 4. The fraction of sp³-hybridized carbons (Fsp3) is 0.500. The van der Waals surface area contributed by atoms with E-state index in [2.05, 4.69) is 5.10 Å². The molecule has 3 atom stereocenters. The molecule has 6 rings (SSSR count). The number of hydrogen-bond acceptors (Lipinski definition) is 10. The standard InChI is InChI=1S/C32H36N2O8/c1-30(2,3)40-27(35)25-24(19-13-14-22(38-4)23(17-19)39-5)32(26-21-12-8-7-11-20(21)18-33-34(25)26)28(36)41-31(42-29(32)37)15-9-6-10-16-31/h7-8,11-14,17-18,24-26H,6,9-10,15-16H2,1-5H3/t24-,25-,26+/m0/s1. The van der Waals surface area contributed by atoms with Gasteiger partial charge in [-0.3, -0.25) is 14.6 Å². The quantitative estimate of drug-likeness (QED) is 0.379. The summed E-state index contributed by atoms with van der Waals surface area (Å²) in [5.41, 5.74) is -0.941. The van der Waals surface area contributed by atoms with E-state index in [0.29, 0.717) is 35.5 Å². The number of nitrogens with zero attached hydrogens (tertiary/aromatic N) is 2. The van der Waals surface area contributed by atoms with E-state index in [0.717, 1.165) is 24.8 Å². The molecule has 0 amide bonds. The summed E-state index contributed by atoms with van der Waals surface area (Å²) >= 11 is 0. The minimum atomic E-state index is -1.97. The molecular formula is C32H36N2O8. The maximum absolute atomic E-state index is 14.7. The number of carbonyl (C=O) groups is 3. The Hall–Kier alpha value is -4.08. The predicted octanol–water partition coefficient (Wildman–Crippen LogP) is 4.65. The highest BCUT2D eigenvalue weighted by molar-refractivity contribution is 6.06. The summed E-state index contributed by atoms with van der Waals surface area (Å²) < 4.78 is 29.4. The molecule has 2 spiro atoms. The fourth-order valence-electron chi connectivity index (χ4n) is 6.95. The van der Waals surface area contributed by atoms with Crippen molar-refractivity contribution in [3.8, 4) is 11.5 Å². The molecule has 10 heteroatoms. The van der Waals surface area contributed by atoms with Crippen LogP contribution >= 0.6 is 0 Å². The van der Waals surface area contributed by atoms with Crippen molar-refractivity contribution in [3.63, 3.8) is 0 Å². The predicted molar refractivity (Wildman–Crippen MR) is 151 cm³/mol. The molecule has 1 aliphatic carbocycles. The zero-order chi connectivity index (χ0) is 29.9. The molecule has 3 fully saturated rings. The normalized spacial score (nSPS) is 25.4. The van der Waals surface area contributed by atoms with E-state index >= 15 is 0 Å². The van der Waals surface area contributed by atoms with Gasteiger partial charge < -0.3 is 23.7 Å². The Kier molecular flexibility index (Phi) is 6.70. The molecule has 4 aliphatic rings. The summed E-state index contributed by atoms with van der Waals surface area (Å²) in [5, 5.41) is 6.20. The van der Waals surface area contributed by atoms with Crippen molar-refractivity contribution in [2.24, 2.45) is 10.5 Å². The van der Waals surface area contributed by atoms with Crippen molar-refractivity contribution >= 4 is 24.1 Å². The van der Waals surface area contributed by atoms with Gasteiger partial charge in [0.15, 0.2) is 17.5 Å². The molecule has 10 nitrogen and oxygen atoms in total. The number of carbonyl (C=O) groups excluding carboxylic acids is 3. The smallest absolute Gasteiger partial charge is 0.331 e. The van der Waals surface area contributed by atoms with Gasteiger partial charge in [0.05, 0.1) is 20.4 Å². The lowest BCUT2D eigenvalue weighted by Gasteiger charge is -2.47. The lowest BCUT2D eigenvalue weighted by molar-refractivity contribution is -0.273. The number of benzene rings is 2. The number of methoxy groups -OCH3 is 2. The molecule has 3 aliphatic heterocycles. The molecule has 1 saturated carbocycles. The Balaban J connectivity index is 1.61. The first-order valence-corrected chi connectivity index (χ1v) is 14.4. The van der Waals surface area contributed by atoms with Gasteiger partial charge in [-0.1, -0.05) is 36.8 Å². The van der Waals surface area contributed by atoms with E-state index in [4.69, 9.17) is 23.7 Å². The monoisotopic (exact) mass is 576 g/mol. The van der Waals surface area contributed by atoms with Crippen molar-refractivity contribution in [2.45, 2.75) is 82.3 Å². The molecule has 0 N–H and O–H groups in total. The second kappa shape index (κ2) is 10.0. The van der Waals surface area contributed by atoms with Crippen LogP contribution in [0.4, 0.5) is 0 Å². The SMILES string of the molecule is COc1ccc([C@H]2[C@@H](C(=O)OC(C)(C)C)N3N=Cc4ccccc4[C@@H]3C23C(=O)OC2(CCCCC2)OC3=O)cc1OC.